The van der Waals surface area contributed by atoms with Crippen LogP contribution in [0.1, 0.15) is 27.4 Å². The van der Waals surface area contributed by atoms with Crippen molar-refractivity contribution in [2.24, 2.45) is 0 Å². The fourth-order valence-electron chi connectivity index (χ4n) is 2.97. The van der Waals surface area contributed by atoms with Gasteiger partial charge in [0, 0.05) is 23.6 Å². The van der Waals surface area contributed by atoms with Gasteiger partial charge in [0.25, 0.3) is 5.91 Å². The summed E-state index contributed by atoms with van der Waals surface area (Å²) < 4.78 is 45.1. The van der Waals surface area contributed by atoms with E-state index in [9.17, 15) is 18.0 Å². The van der Waals surface area contributed by atoms with Crippen LogP contribution < -0.4 is 10.1 Å². The lowest BCUT2D eigenvalue weighted by Crippen LogP contribution is -2.14. The Bertz CT molecular complexity index is 1270. The Hall–Kier alpha value is -4.28. The van der Waals surface area contributed by atoms with Crippen molar-refractivity contribution in [1.29, 1.82) is 0 Å². The van der Waals surface area contributed by atoms with Crippen molar-refractivity contribution in [3.63, 3.8) is 0 Å². The summed E-state index contributed by atoms with van der Waals surface area (Å²) in [6, 6.07) is 13.5. The number of aromatic nitrogens is 5. The molecule has 0 aliphatic heterocycles. The first-order valence-corrected chi connectivity index (χ1v) is 9.69. The highest BCUT2D eigenvalue weighted by molar-refractivity contribution is 6.04. The molecular weight excluding hydrogens is 437 g/mol. The number of nitrogens with one attached hydrogen (secondary N) is 1. The van der Waals surface area contributed by atoms with Gasteiger partial charge in [0.2, 0.25) is 5.88 Å². The van der Waals surface area contributed by atoms with Crippen LogP contribution in [0.25, 0.3) is 5.82 Å². The molecule has 0 atom stereocenters. The zero-order valence-corrected chi connectivity index (χ0v) is 17.5. The van der Waals surface area contributed by atoms with Gasteiger partial charge in [-0.25, -0.2) is 4.68 Å². The first kappa shape index (κ1) is 21.9. The van der Waals surface area contributed by atoms with E-state index in [1.54, 1.807) is 41.1 Å². The second-order valence-corrected chi connectivity index (χ2v) is 7.08. The molecule has 3 heterocycles. The fourth-order valence-corrected chi connectivity index (χ4v) is 2.97. The maximum Gasteiger partial charge on any atom is 0.433 e. The number of amides is 1. The van der Waals surface area contributed by atoms with Gasteiger partial charge >= 0.3 is 6.18 Å². The van der Waals surface area contributed by atoms with E-state index in [0.717, 1.165) is 29.7 Å². The third-order valence-corrected chi connectivity index (χ3v) is 4.50. The molecule has 11 heteroatoms. The number of hydrogen-bond donors (Lipinski definition) is 1. The monoisotopic (exact) mass is 454 g/mol. The van der Waals surface area contributed by atoms with Crippen LogP contribution in [0.4, 0.5) is 18.9 Å². The van der Waals surface area contributed by atoms with Gasteiger partial charge in [0.1, 0.15) is 11.4 Å². The summed E-state index contributed by atoms with van der Waals surface area (Å²) >= 11 is 0. The normalized spacial score (nSPS) is 11.3. The molecule has 1 aromatic carbocycles. The van der Waals surface area contributed by atoms with Crippen LogP contribution in [0.15, 0.2) is 60.8 Å². The van der Waals surface area contributed by atoms with Crippen LogP contribution >= 0.6 is 0 Å². The molecule has 0 spiro atoms. The van der Waals surface area contributed by atoms with Gasteiger partial charge in [-0.15, -0.1) is 10.2 Å². The molecule has 8 nitrogen and oxygen atoms in total. The number of alkyl halides is 3. The van der Waals surface area contributed by atoms with E-state index in [2.05, 4.69) is 25.6 Å². The molecule has 3 aromatic heterocycles. The predicted molar refractivity (Wildman–Crippen MR) is 112 cm³/mol. The molecule has 168 valence electrons. The second-order valence-electron chi connectivity index (χ2n) is 7.08. The SMILES string of the molecule is Cc1cc(C)n(-c2ccc(Oc3ccc(NC(=O)c4ccc(C(F)(F)F)nc4)cc3)nn2)n1. The maximum atomic E-state index is 12.6. The molecule has 0 aliphatic carbocycles. The van der Waals surface area contributed by atoms with Gasteiger partial charge in [0.05, 0.1) is 11.3 Å². The molecule has 1 N–H and O–H groups in total. The minimum absolute atomic E-state index is 0.00121. The summed E-state index contributed by atoms with van der Waals surface area (Å²) in [6.07, 6.45) is -3.68. The number of halogens is 3. The summed E-state index contributed by atoms with van der Waals surface area (Å²) in [4.78, 5) is 15.5. The zero-order chi connectivity index (χ0) is 23.6. The standard InChI is InChI=1S/C22H17F3N6O2/c1-13-11-14(2)31(30-13)19-9-10-20(29-28-19)33-17-6-4-16(5-7-17)27-21(32)15-3-8-18(26-12-15)22(23,24)25/h3-12H,1-2H3,(H,27,32). The average Bonchev–Trinajstić information content (AvgIpc) is 3.13. The lowest BCUT2D eigenvalue weighted by molar-refractivity contribution is -0.141. The molecule has 4 rings (SSSR count). The number of carbonyl (C=O) groups excluding carboxylic acids is 1. The Labute approximate surface area is 186 Å². The van der Waals surface area contributed by atoms with E-state index in [4.69, 9.17) is 4.74 Å². The highest BCUT2D eigenvalue weighted by Crippen LogP contribution is 2.27. The minimum atomic E-state index is -4.56. The Morgan fingerprint density at radius 1 is 1.00 bits per heavy atom. The molecule has 0 radical (unpaired) electrons. The number of pyridine rings is 1. The van der Waals surface area contributed by atoms with E-state index in [1.165, 1.54) is 0 Å². The topological polar surface area (TPSA) is 94.8 Å². The number of hydrogen-bond acceptors (Lipinski definition) is 6. The number of rotatable bonds is 5. The van der Waals surface area contributed by atoms with Gasteiger partial charge in [-0.3, -0.25) is 9.78 Å². The number of benzene rings is 1. The fraction of sp³-hybridized carbons (Fsp3) is 0.136. The first-order chi connectivity index (χ1) is 15.7. The summed E-state index contributed by atoms with van der Waals surface area (Å²) in [5.41, 5.74) is 1.17. The minimum Gasteiger partial charge on any atom is -0.438 e. The zero-order valence-electron chi connectivity index (χ0n) is 17.5. The second kappa shape index (κ2) is 8.69. The van der Waals surface area contributed by atoms with Crippen LogP contribution in [0.5, 0.6) is 11.6 Å². The molecule has 1 amide bonds. The number of carbonyl (C=O) groups is 1. The van der Waals surface area contributed by atoms with Crippen molar-refractivity contribution in [1.82, 2.24) is 25.0 Å². The molecule has 0 saturated heterocycles. The van der Waals surface area contributed by atoms with E-state index in [-0.39, 0.29) is 11.4 Å². The molecule has 0 unspecified atom stereocenters. The Morgan fingerprint density at radius 2 is 1.76 bits per heavy atom. The first-order valence-electron chi connectivity index (χ1n) is 9.69. The van der Waals surface area contributed by atoms with Crippen molar-refractivity contribution < 1.29 is 22.7 Å². The van der Waals surface area contributed by atoms with Crippen molar-refractivity contribution >= 4 is 11.6 Å². The van der Waals surface area contributed by atoms with Crippen LogP contribution in [-0.4, -0.2) is 30.9 Å². The summed E-state index contributed by atoms with van der Waals surface area (Å²) in [7, 11) is 0. The lowest BCUT2D eigenvalue weighted by Gasteiger charge is -2.09. The highest BCUT2D eigenvalue weighted by Gasteiger charge is 2.32. The van der Waals surface area contributed by atoms with Gasteiger partial charge in [-0.2, -0.15) is 18.3 Å². The average molecular weight is 454 g/mol. The third-order valence-electron chi connectivity index (χ3n) is 4.50. The van der Waals surface area contributed by atoms with Crippen molar-refractivity contribution in [2.45, 2.75) is 20.0 Å². The summed E-state index contributed by atoms with van der Waals surface area (Å²) in [6.45, 7) is 3.81. The molecular formula is C22H17F3N6O2. The van der Waals surface area contributed by atoms with Crippen LogP contribution in [0.3, 0.4) is 0 Å². The Kier molecular flexibility index (Phi) is 5.78. The Morgan fingerprint density at radius 3 is 2.30 bits per heavy atom. The number of anilines is 1. The highest BCUT2D eigenvalue weighted by atomic mass is 19.4. The number of ether oxygens (including phenoxy) is 1. The number of aryl methyl sites for hydroxylation is 2. The van der Waals surface area contributed by atoms with E-state index < -0.39 is 17.8 Å². The molecule has 33 heavy (non-hydrogen) atoms. The van der Waals surface area contributed by atoms with Gasteiger partial charge in [-0.1, -0.05) is 0 Å². The van der Waals surface area contributed by atoms with E-state index in [0.29, 0.717) is 17.3 Å². The maximum absolute atomic E-state index is 12.6. The molecule has 0 saturated carbocycles. The largest absolute Gasteiger partial charge is 0.438 e. The molecule has 0 aliphatic rings. The molecule has 0 fully saturated rings. The van der Waals surface area contributed by atoms with E-state index >= 15 is 0 Å². The van der Waals surface area contributed by atoms with Gasteiger partial charge < -0.3 is 10.1 Å². The van der Waals surface area contributed by atoms with Crippen LogP contribution in [0, 0.1) is 13.8 Å². The number of nitrogens with zero attached hydrogens (tertiary/aromatic N) is 5. The van der Waals surface area contributed by atoms with Crippen LogP contribution in [-0.2, 0) is 6.18 Å². The third kappa shape index (κ3) is 5.14. The summed E-state index contributed by atoms with van der Waals surface area (Å²) in [5.74, 6) is 0.699. The van der Waals surface area contributed by atoms with Gasteiger partial charge in [-0.05, 0) is 62.4 Å². The van der Waals surface area contributed by atoms with Crippen LogP contribution in [0.2, 0.25) is 0 Å². The smallest absolute Gasteiger partial charge is 0.433 e. The van der Waals surface area contributed by atoms with Crippen molar-refractivity contribution in [3.8, 4) is 17.4 Å². The Balaban J connectivity index is 1.38. The molecule has 4 aromatic rings. The predicted octanol–water partition coefficient (Wildman–Crippen LogP) is 4.74. The van der Waals surface area contributed by atoms with E-state index in [1.807, 2.05) is 19.9 Å². The summed E-state index contributed by atoms with van der Waals surface area (Å²) in [5, 5.41) is 15.1. The van der Waals surface area contributed by atoms with Crippen molar-refractivity contribution in [2.75, 3.05) is 5.32 Å². The van der Waals surface area contributed by atoms with Crippen molar-refractivity contribution in [3.05, 3.63) is 83.4 Å². The quantitative estimate of drug-likeness (QED) is 0.468. The lowest BCUT2D eigenvalue weighted by atomic mass is 10.2. The molecule has 0 bridgehead atoms. The van der Waals surface area contributed by atoms with Gasteiger partial charge in [0.15, 0.2) is 5.82 Å².